The molecule has 3 N–H and O–H groups in total. The van der Waals surface area contributed by atoms with Crippen LogP contribution in [0.4, 0.5) is 5.82 Å². The molecule has 1 aliphatic carbocycles. The van der Waals surface area contributed by atoms with Crippen molar-refractivity contribution in [3.05, 3.63) is 18.1 Å². The molecule has 1 saturated carbocycles. The Balaban J connectivity index is 1.29. The van der Waals surface area contributed by atoms with Crippen LogP contribution in [0.1, 0.15) is 64.6 Å². The highest BCUT2D eigenvalue weighted by Gasteiger charge is 2.27. The fourth-order valence-corrected chi connectivity index (χ4v) is 4.96. The van der Waals surface area contributed by atoms with Gasteiger partial charge in [-0.1, -0.05) is 6.92 Å². The molecule has 34 heavy (non-hydrogen) atoms. The molecule has 1 atom stereocenters. The Morgan fingerprint density at radius 3 is 2.71 bits per heavy atom. The molecule has 1 saturated heterocycles. The quantitative estimate of drug-likeness (QED) is 0.509. The Hall–Kier alpha value is -2.10. The Morgan fingerprint density at radius 1 is 1.18 bits per heavy atom. The number of aliphatic imine (C=N–C) groups is 2. The van der Waals surface area contributed by atoms with E-state index in [0.29, 0.717) is 30.5 Å². The van der Waals surface area contributed by atoms with Crippen LogP contribution < -0.4 is 16.0 Å². The topological polar surface area (TPSA) is 105 Å². The number of hydrogen-bond acceptors (Lipinski definition) is 9. The first-order valence-electron chi connectivity index (χ1n) is 12.8. The van der Waals surface area contributed by atoms with Gasteiger partial charge in [-0.2, -0.15) is 0 Å². The number of aromatic nitrogens is 2. The van der Waals surface area contributed by atoms with Crippen LogP contribution in [0, 0.1) is 5.41 Å². The van der Waals surface area contributed by atoms with E-state index in [-0.39, 0.29) is 5.41 Å². The molecule has 9 heteroatoms. The summed E-state index contributed by atoms with van der Waals surface area (Å²) in [5.41, 5.74) is 1.15. The highest BCUT2D eigenvalue weighted by Crippen LogP contribution is 2.29. The molecule has 1 aromatic rings. The van der Waals surface area contributed by atoms with E-state index in [1.807, 2.05) is 12.3 Å². The third-order valence-corrected chi connectivity index (χ3v) is 7.16. The zero-order valence-electron chi connectivity index (χ0n) is 21.0. The Bertz CT molecular complexity index is 845. The van der Waals surface area contributed by atoms with Crippen molar-refractivity contribution in [1.82, 2.24) is 20.6 Å². The first-order valence-corrected chi connectivity index (χ1v) is 12.8. The van der Waals surface area contributed by atoms with E-state index in [4.69, 9.17) is 19.5 Å². The van der Waals surface area contributed by atoms with Gasteiger partial charge in [0.2, 0.25) is 5.96 Å². The summed E-state index contributed by atoms with van der Waals surface area (Å²) in [6, 6.07) is 3.29. The second kappa shape index (κ2) is 12.0. The zero-order chi connectivity index (χ0) is 23.8. The van der Waals surface area contributed by atoms with Gasteiger partial charge in [-0.05, 0) is 56.9 Å². The van der Waals surface area contributed by atoms with Crippen LogP contribution in [0.5, 0.6) is 0 Å². The van der Waals surface area contributed by atoms with Crippen molar-refractivity contribution in [2.45, 2.75) is 76.9 Å². The Morgan fingerprint density at radius 2 is 1.94 bits per heavy atom. The van der Waals surface area contributed by atoms with Gasteiger partial charge < -0.3 is 25.4 Å². The van der Waals surface area contributed by atoms with Crippen molar-refractivity contribution in [2.24, 2.45) is 15.4 Å². The molecule has 3 heterocycles. The van der Waals surface area contributed by atoms with Crippen LogP contribution in [-0.4, -0.2) is 79.8 Å². The Labute approximate surface area is 203 Å². The minimum absolute atomic E-state index is 0.242. The summed E-state index contributed by atoms with van der Waals surface area (Å²) in [7, 11) is 1.75. The smallest absolute Gasteiger partial charge is 0.218 e. The molecule has 0 spiro atoms. The van der Waals surface area contributed by atoms with Crippen molar-refractivity contribution < 1.29 is 9.47 Å². The molecule has 2 fully saturated rings. The van der Waals surface area contributed by atoms with Crippen molar-refractivity contribution in [3.63, 3.8) is 0 Å². The van der Waals surface area contributed by atoms with Gasteiger partial charge in [0.1, 0.15) is 5.82 Å². The van der Waals surface area contributed by atoms with Crippen LogP contribution in [0.25, 0.3) is 0 Å². The highest BCUT2D eigenvalue weighted by atomic mass is 16.5. The largest absolute Gasteiger partial charge is 0.383 e. The van der Waals surface area contributed by atoms with E-state index in [1.165, 1.54) is 0 Å². The van der Waals surface area contributed by atoms with Crippen molar-refractivity contribution in [3.8, 4) is 0 Å². The molecule has 2 aliphatic heterocycles. The summed E-state index contributed by atoms with van der Waals surface area (Å²) >= 11 is 0. The fraction of sp³-hybridized carbons (Fsp3) is 0.760. The summed E-state index contributed by atoms with van der Waals surface area (Å²) in [5.74, 6) is 2.27. The van der Waals surface area contributed by atoms with Gasteiger partial charge in [-0.25, -0.2) is 15.0 Å². The summed E-state index contributed by atoms with van der Waals surface area (Å²) in [4.78, 5) is 18.7. The molecular weight excluding hydrogens is 430 g/mol. The van der Waals surface area contributed by atoms with Gasteiger partial charge in [0, 0.05) is 64.2 Å². The van der Waals surface area contributed by atoms with Crippen molar-refractivity contribution >= 4 is 17.5 Å². The van der Waals surface area contributed by atoms with Gasteiger partial charge in [-0.3, -0.25) is 4.99 Å². The lowest BCUT2D eigenvalue weighted by Crippen LogP contribution is -2.45. The second-order valence-electron chi connectivity index (χ2n) is 10.3. The van der Waals surface area contributed by atoms with E-state index >= 15 is 0 Å². The molecule has 0 radical (unpaired) electrons. The molecule has 188 valence electrons. The van der Waals surface area contributed by atoms with Gasteiger partial charge in [0.15, 0.2) is 5.82 Å². The van der Waals surface area contributed by atoms with E-state index in [1.54, 1.807) is 7.11 Å². The van der Waals surface area contributed by atoms with Crippen molar-refractivity contribution in [1.29, 1.82) is 0 Å². The van der Waals surface area contributed by atoms with E-state index in [0.717, 1.165) is 88.8 Å². The average molecular weight is 472 g/mol. The van der Waals surface area contributed by atoms with Crippen molar-refractivity contribution in [2.75, 3.05) is 45.3 Å². The molecule has 3 aliphatic rings. The predicted molar refractivity (Wildman–Crippen MR) is 136 cm³/mol. The van der Waals surface area contributed by atoms with Gasteiger partial charge in [-0.15, -0.1) is 0 Å². The fourth-order valence-electron chi connectivity index (χ4n) is 4.96. The predicted octanol–water partition coefficient (Wildman–Crippen LogP) is 2.78. The Kier molecular flexibility index (Phi) is 8.86. The average Bonchev–Trinajstić information content (AvgIpc) is 2.85. The number of nitrogens with one attached hydrogen (secondary N) is 3. The van der Waals surface area contributed by atoms with Crippen LogP contribution in [0.2, 0.25) is 0 Å². The highest BCUT2D eigenvalue weighted by molar-refractivity contribution is 6.06. The lowest BCUT2D eigenvalue weighted by molar-refractivity contribution is 0.0300. The lowest BCUT2D eigenvalue weighted by atomic mass is 9.82. The molecule has 0 amide bonds. The lowest BCUT2D eigenvalue weighted by Gasteiger charge is -2.33. The third kappa shape index (κ3) is 7.20. The summed E-state index contributed by atoms with van der Waals surface area (Å²) in [5, 5.41) is 10.8. The standard InChI is InChI=1S/C25H41N7O2/c1-18(16-33-3)29-19-4-6-20(7-5-19)30-24-27-12-8-21(31-24)23-26-13-9-22(32-23)28-17-25(2)10-14-34-15-11-25/h9,13,18-20,29H,4-8,10-12,14-17H2,1-3H3,(H,27,30)(H,26,28,32)/t18-,19?,20?/m0/s1. The third-order valence-electron chi connectivity index (χ3n) is 7.16. The number of hydrogen-bond donors (Lipinski definition) is 3. The van der Waals surface area contributed by atoms with Crippen LogP contribution in [0.15, 0.2) is 22.2 Å². The summed E-state index contributed by atoms with van der Waals surface area (Å²) in [6.07, 6.45) is 9.24. The molecule has 1 aromatic heterocycles. The summed E-state index contributed by atoms with van der Waals surface area (Å²) < 4.78 is 10.8. The van der Waals surface area contributed by atoms with Crippen LogP contribution in [-0.2, 0) is 9.47 Å². The number of rotatable bonds is 9. The maximum absolute atomic E-state index is 5.52. The van der Waals surface area contributed by atoms with E-state index in [9.17, 15) is 0 Å². The molecule has 0 bridgehead atoms. The minimum Gasteiger partial charge on any atom is -0.383 e. The van der Waals surface area contributed by atoms with Crippen LogP contribution in [0.3, 0.4) is 0 Å². The first kappa shape index (κ1) is 25.0. The number of methoxy groups -OCH3 is 1. The van der Waals surface area contributed by atoms with Crippen LogP contribution >= 0.6 is 0 Å². The zero-order valence-corrected chi connectivity index (χ0v) is 21.0. The number of ether oxygens (including phenoxy) is 2. The monoisotopic (exact) mass is 471 g/mol. The normalized spacial score (nSPS) is 25.7. The molecule has 4 rings (SSSR count). The van der Waals surface area contributed by atoms with Gasteiger partial charge >= 0.3 is 0 Å². The molecule has 0 aromatic carbocycles. The maximum Gasteiger partial charge on any atom is 0.218 e. The number of anilines is 1. The minimum atomic E-state index is 0.242. The maximum atomic E-state index is 5.52. The van der Waals surface area contributed by atoms with E-state index in [2.05, 4.69) is 39.8 Å². The molecule has 0 unspecified atom stereocenters. The van der Waals surface area contributed by atoms with Gasteiger partial charge in [0.05, 0.1) is 12.3 Å². The SMILES string of the molecule is COC[C@H](C)NC1CCC(NC2=NCCC(c3nccc(NCC4(C)CCOCC4)n3)=N2)CC1. The number of nitrogens with zero attached hydrogens (tertiary/aromatic N) is 4. The van der Waals surface area contributed by atoms with E-state index < -0.39 is 0 Å². The first-order chi connectivity index (χ1) is 16.5. The second-order valence-corrected chi connectivity index (χ2v) is 10.3. The molecule has 9 nitrogen and oxygen atoms in total. The molecular formula is C25H41N7O2. The van der Waals surface area contributed by atoms with Gasteiger partial charge in [0.25, 0.3) is 0 Å². The summed E-state index contributed by atoms with van der Waals surface area (Å²) in [6.45, 7) is 8.52. The number of guanidine groups is 1.